The van der Waals surface area contributed by atoms with E-state index in [1.54, 1.807) is 18.2 Å². The number of carbonyl (C=O) groups excluding carboxylic acids is 1. The first kappa shape index (κ1) is 10.3. The Kier molecular flexibility index (Phi) is 2.82. The minimum atomic E-state index is -0.443. The zero-order chi connectivity index (χ0) is 10.8. The molecule has 1 aromatic rings. The van der Waals surface area contributed by atoms with Crippen molar-refractivity contribution >= 4 is 17.6 Å². The number of halogens is 1. The molecule has 1 aliphatic rings. The molecule has 1 fully saturated rings. The maximum absolute atomic E-state index is 11.3. The van der Waals surface area contributed by atoms with E-state index in [-0.39, 0.29) is 6.10 Å². The van der Waals surface area contributed by atoms with E-state index in [1.807, 2.05) is 0 Å². The second-order valence-electron chi connectivity index (χ2n) is 3.43. The Labute approximate surface area is 92.9 Å². The molecule has 0 heterocycles. The Morgan fingerprint density at radius 1 is 1.47 bits per heavy atom. The Bertz CT molecular complexity index is 385. The third-order valence-corrected chi connectivity index (χ3v) is 2.58. The Balaban J connectivity index is 2.27. The summed E-state index contributed by atoms with van der Waals surface area (Å²) in [5.41, 5.74) is 0.345. The highest BCUT2D eigenvalue weighted by Gasteiger charge is 2.25. The van der Waals surface area contributed by atoms with E-state index < -0.39 is 5.97 Å². The molecule has 0 saturated heterocycles. The fourth-order valence-electron chi connectivity index (χ4n) is 1.23. The first-order valence-electron chi connectivity index (χ1n) is 4.76. The Hall–Kier alpha value is -1.22. The summed E-state index contributed by atoms with van der Waals surface area (Å²) in [6.45, 7) is 0. The van der Waals surface area contributed by atoms with Gasteiger partial charge in [-0.15, -0.1) is 0 Å². The predicted octanol–water partition coefficient (Wildman–Crippen LogP) is 2.67. The summed E-state index contributed by atoms with van der Waals surface area (Å²) in [5.74, 6) is 0.114. The van der Waals surface area contributed by atoms with Crippen molar-refractivity contribution in [3.63, 3.8) is 0 Å². The van der Waals surface area contributed by atoms with Gasteiger partial charge in [-0.2, -0.15) is 0 Å². The lowest BCUT2D eigenvalue weighted by atomic mass is 10.2. The van der Waals surface area contributed by atoms with Crippen molar-refractivity contribution < 1.29 is 14.3 Å². The highest BCUT2D eigenvalue weighted by atomic mass is 35.5. The van der Waals surface area contributed by atoms with Crippen LogP contribution < -0.4 is 4.74 Å². The molecular formula is C11H11ClO3. The van der Waals surface area contributed by atoms with Gasteiger partial charge in [0.05, 0.1) is 23.8 Å². The summed E-state index contributed by atoms with van der Waals surface area (Å²) in [4.78, 5) is 11.3. The van der Waals surface area contributed by atoms with Crippen molar-refractivity contribution in [1.82, 2.24) is 0 Å². The van der Waals surface area contributed by atoms with Gasteiger partial charge in [0.25, 0.3) is 0 Å². The van der Waals surface area contributed by atoms with Crippen LogP contribution in [0.2, 0.25) is 5.02 Å². The highest BCUT2D eigenvalue weighted by molar-refractivity contribution is 6.35. The Morgan fingerprint density at radius 2 is 2.20 bits per heavy atom. The summed E-state index contributed by atoms with van der Waals surface area (Å²) in [6, 6.07) is 5.11. The maximum atomic E-state index is 11.3. The summed E-state index contributed by atoms with van der Waals surface area (Å²) in [5, 5.41) is 0.330. The molecule has 3 nitrogen and oxygen atoms in total. The third-order valence-electron chi connectivity index (χ3n) is 2.19. The molecule has 0 aromatic heterocycles. The van der Waals surface area contributed by atoms with Gasteiger partial charge in [-0.3, -0.25) is 0 Å². The molecule has 0 N–H and O–H groups in total. The number of carbonyl (C=O) groups is 1. The number of hydrogen-bond donors (Lipinski definition) is 0. The standard InChI is InChI=1S/C11H11ClO3/c1-14-11(13)8-3-2-4-9(10(8)12)15-7-5-6-7/h2-4,7H,5-6H2,1H3. The molecule has 2 rings (SSSR count). The number of ether oxygens (including phenoxy) is 2. The number of methoxy groups -OCH3 is 1. The van der Waals surface area contributed by atoms with Gasteiger partial charge in [-0.05, 0) is 25.0 Å². The third kappa shape index (κ3) is 2.23. The van der Waals surface area contributed by atoms with Crippen molar-refractivity contribution in [2.24, 2.45) is 0 Å². The molecule has 0 spiro atoms. The molecule has 0 radical (unpaired) electrons. The van der Waals surface area contributed by atoms with E-state index in [2.05, 4.69) is 4.74 Å². The molecule has 80 valence electrons. The van der Waals surface area contributed by atoms with Gasteiger partial charge in [0.1, 0.15) is 5.75 Å². The van der Waals surface area contributed by atoms with Crippen molar-refractivity contribution in [2.75, 3.05) is 7.11 Å². The van der Waals surface area contributed by atoms with Gasteiger partial charge in [-0.1, -0.05) is 17.7 Å². The zero-order valence-electron chi connectivity index (χ0n) is 8.33. The van der Waals surface area contributed by atoms with Crippen LogP contribution in [0.1, 0.15) is 23.2 Å². The molecule has 15 heavy (non-hydrogen) atoms. The fourth-order valence-corrected chi connectivity index (χ4v) is 1.48. The van der Waals surface area contributed by atoms with Crippen molar-refractivity contribution in [3.05, 3.63) is 28.8 Å². The molecule has 0 atom stereocenters. The number of rotatable bonds is 3. The molecule has 0 aliphatic heterocycles. The lowest BCUT2D eigenvalue weighted by molar-refractivity contribution is 0.0600. The van der Waals surface area contributed by atoms with Gasteiger partial charge in [0.2, 0.25) is 0 Å². The summed E-state index contributed by atoms with van der Waals surface area (Å²) >= 11 is 6.03. The maximum Gasteiger partial charge on any atom is 0.339 e. The largest absolute Gasteiger partial charge is 0.489 e. The highest BCUT2D eigenvalue weighted by Crippen LogP contribution is 2.33. The topological polar surface area (TPSA) is 35.5 Å². The predicted molar refractivity (Wildman–Crippen MR) is 56.4 cm³/mol. The molecule has 0 amide bonds. The monoisotopic (exact) mass is 226 g/mol. The van der Waals surface area contributed by atoms with Crippen LogP contribution in [0.5, 0.6) is 5.75 Å². The minimum absolute atomic E-state index is 0.260. The van der Waals surface area contributed by atoms with Crippen LogP contribution in [0.25, 0.3) is 0 Å². The van der Waals surface area contributed by atoms with E-state index in [9.17, 15) is 4.79 Å². The van der Waals surface area contributed by atoms with Crippen molar-refractivity contribution in [1.29, 1.82) is 0 Å². The van der Waals surface area contributed by atoms with Crippen molar-refractivity contribution in [2.45, 2.75) is 18.9 Å². The quantitative estimate of drug-likeness (QED) is 0.744. The Morgan fingerprint density at radius 3 is 2.80 bits per heavy atom. The van der Waals surface area contributed by atoms with Crippen LogP contribution in [-0.2, 0) is 4.74 Å². The summed E-state index contributed by atoms with van der Waals surface area (Å²) < 4.78 is 10.2. The molecule has 4 heteroatoms. The van der Waals surface area contributed by atoms with Crippen LogP contribution in [0.3, 0.4) is 0 Å². The number of esters is 1. The van der Waals surface area contributed by atoms with Crippen LogP contribution in [0.15, 0.2) is 18.2 Å². The SMILES string of the molecule is COC(=O)c1cccc(OC2CC2)c1Cl. The average Bonchev–Trinajstić information content (AvgIpc) is 3.04. The van der Waals surface area contributed by atoms with Gasteiger partial charge >= 0.3 is 5.97 Å². The zero-order valence-corrected chi connectivity index (χ0v) is 9.08. The van der Waals surface area contributed by atoms with E-state index in [1.165, 1.54) is 7.11 Å². The second-order valence-corrected chi connectivity index (χ2v) is 3.80. The lowest BCUT2D eigenvalue weighted by Gasteiger charge is -2.09. The number of hydrogen-bond acceptors (Lipinski definition) is 3. The van der Waals surface area contributed by atoms with Gasteiger partial charge in [-0.25, -0.2) is 4.79 Å². The van der Waals surface area contributed by atoms with Gasteiger partial charge < -0.3 is 9.47 Å². The molecule has 0 bridgehead atoms. The van der Waals surface area contributed by atoms with Gasteiger partial charge in [0.15, 0.2) is 0 Å². The molecule has 1 aliphatic carbocycles. The van der Waals surface area contributed by atoms with E-state index in [4.69, 9.17) is 16.3 Å². The molecule has 0 unspecified atom stereocenters. The van der Waals surface area contributed by atoms with Crippen LogP contribution >= 0.6 is 11.6 Å². The molecular weight excluding hydrogens is 216 g/mol. The first-order chi connectivity index (χ1) is 7.22. The van der Waals surface area contributed by atoms with Crippen LogP contribution in [-0.4, -0.2) is 19.2 Å². The smallest absolute Gasteiger partial charge is 0.339 e. The van der Waals surface area contributed by atoms with Gasteiger partial charge in [0, 0.05) is 0 Å². The minimum Gasteiger partial charge on any atom is -0.489 e. The van der Waals surface area contributed by atoms with Crippen LogP contribution in [0, 0.1) is 0 Å². The molecule has 1 saturated carbocycles. The normalized spacial score (nSPS) is 14.8. The number of benzene rings is 1. The van der Waals surface area contributed by atoms with Crippen LogP contribution in [0.4, 0.5) is 0 Å². The van der Waals surface area contributed by atoms with E-state index in [0.717, 1.165) is 12.8 Å². The summed E-state index contributed by atoms with van der Waals surface area (Å²) in [7, 11) is 1.33. The van der Waals surface area contributed by atoms with E-state index in [0.29, 0.717) is 16.3 Å². The average molecular weight is 227 g/mol. The fraction of sp³-hybridized carbons (Fsp3) is 0.364. The summed E-state index contributed by atoms with van der Waals surface area (Å²) in [6.07, 6.45) is 2.37. The lowest BCUT2D eigenvalue weighted by Crippen LogP contribution is -2.04. The first-order valence-corrected chi connectivity index (χ1v) is 5.13. The molecule has 1 aromatic carbocycles. The van der Waals surface area contributed by atoms with Crippen molar-refractivity contribution in [3.8, 4) is 5.75 Å². The van der Waals surface area contributed by atoms with E-state index >= 15 is 0 Å². The second kappa shape index (κ2) is 4.11.